The average Bonchev–Trinajstić information content (AvgIpc) is 1.97. The Hall–Kier alpha value is -2.77. The summed E-state index contributed by atoms with van der Waals surface area (Å²) < 4.78 is 34.3. The number of aliphatic hydroxyl groups excluding tert-OH is 11. The van der Waals surface area contributed by atoms with Crippen LogP contribution in [0.3, 0.4) is 0 Å². The van der Waals surface area contributed by atoms with Crippen molar-refractivity contribution < 1.29 is 89.4 Å². The molecule has 3 saturated heterocycles. The summed E-state index contributed by atoms with van der Waals surface area (Å²) in [6.45, 7) is 1.57. The number of hydrogen-bond acceptors (Lipinski definition) is 18. The molecule has 3 fully saturated rings. The predicted octanol–water partition coefficient (Wildman–Crippen LogP) is 8.94. The van der Waals surface area contributed by atoms with E-state index in [1.807, 2.05) is 6.08 Å². The van der Waals surface area contributed by atoms with Crippen molar-refractivity contribution in [3.05, 3.63) is 72.9 Å². The van der Waals surface area contributed by atoms with Crippen LogP contribution in [-0.2, 0) is 33.2 Å². The van der Waals surface area contributed by atoms with Crippen LogP contribution in [0.5, 0.6) is 0 Å². The van der Waals surface area contributed by atoms with E-state index < -0.39 is 124 Å². The van der Waals surface area contributed by atoms with E-state index in [-0.39, 0.29) is 18.9 Å². The van der Waals surface area contributed by atoms with Gasteiger partial charge in [-0.2, -0.15) is 0 Å². The summed E-state index contributed by atoms with van der Waals surface area (Å²) in [5, 5.41) is 120. The van der Waals surface area contributed by atoms with E-state index in [1.165, 1.54) is 141 Å². The first-order chi connectivity index (χ1) is 43.3. The SMILES string of the molecule is CC/C=C\C/C=C\C/C=C\C/C=C\CCCCC(=O)NC(COC1OC(CO)C(OC2OC(CO)C(OC3OC(CO)C(O)C(O)C3O)C(O)C2O)C(O)C1O)C(O)/C=C/CC/C=C/CCCCCCCCCCCCCCCCCCCCCCCCC. The number of ether oxygens (including phenoxy) is 6. The van der Waals surface area contributed by atoms with Gasteiger partial charge < -0.3 is 89.9 Å². The predicted molar refractivity (Wildman–Crippen MR) is 346 cm³/mol. The lowest BCUT2D eigenvalue weighted by Crippen LogP contribution is -2.66. The molecule has 17 atom stereocenters. The van der Waals surface area contributed by atoms with Gasteiger partial charge in [0.25, 0.3) is 0 Å². The van der Waals surface area contributed by atoms with Gasteiger partial charge in [-0.05, 0) is 70.6 Å². The van der Waals surface area contributed by atoms with Crippen LogP contribution in [0.2, 0.25) is 0 Å². The minimum Gasteiger partial charge on any atom is -0.394 e. The second kappa shape index (κ2) is 51.6. The van der Waals surface area contributed by atoms with Crippen molar-refractivity contribution in [2.45, 2.75) is 336 Å². The van der Waals surface area contributed by atoms with Gasteiger partial charge in [0.1, 0.15) is 73.2 Å². The number of unbranched alkanes of at least 4 members (excludes halogenated alkanes) is 26. The molecule has 516 valence electrons. The molecule has 3 rings (SSSR count). The van der Waals surface area contributed by atoms with Crippen molar-refractivity contribution in [3.8, 4) is 0 Å². The molecule has 0 aliphatic carbocycles. The Morgan fingerprint density at radius 1 is 0.416 bits per heavy atom. The molecule has 3 aliphatic rings. The van der Waals surface area contributed by atoms with Crippen LogP contribution >= 0.6 is 0 Å². The zero-order chi connectivity index (χ0) is 64.7. The van der Waals surface area contributed by atoms with Crippen molar-refractivity contribution in [3.63, 3.8) is 0 Å². The second-order valence-electron chi connectivity index (χ2n) is 24.6. The normalized spacial score (nSPS) is 28.7. The fourth-order valence-electron chi connectivity index (χ4n) is 11.4. The summed E-state index contributed by atoms with van der Waals surface area (Å²) in [5.74, 6) is -0.327. The number of carbonyl (C=O) groups is 1. The Labute approximate surface area is 534 Å². The topological polar surface area (TPSA) is 307 Å². The van der Waals surface area contributed by atoms with Gasteiger partial charge in [0.2, 0.25) is 5.91 Å². The van der Waals surface area contributed by atoms with Crippen molar-refractivity contribution in [1.29, 1.82) is 0 Å². The first kappa shape index (κ1) is 80.5. The summed E-state index contributed by atoms with van der Waals surface area (Å²) in [6, 6.07) is -1.02. The van der Waals surface area contributed by atoms with E-state index in [1.54, 1.807) is 6.08 Å². The van der Waals surface area contributed by atoms with Crippen LogP contribution in [0.4, 0.5) is 0 Å². The number of aliphatic hydroxyl groups is 11. The zero-order valence-corrected chi connectivity index (χ0v) is 54.4. The second-order valence-corrected chi connectivity index (χ2v) is 24.6. The Morgan fingerprint density at radius 2 is 0.787 bits per heavy atom. The van der Waals surface area contributed by atoms with E-state index in [9.17, 15) is 61.0 Å². The van der Waals surface area contributed by atoms with E-state index in [4.69, 9.17) is 28.4 Å². The van der Waals surface area contributed by atoms with Gasteiger partial charge in [-0.25, -0.2) is 0 Å². The first-order valence-corrected chi connectivity index (χ1v) is 34.7. The van der Waals surface area contributed by atoms with E-state index in [0.717, 1.165) is 57.8 Å². The monoisotopic (exact) mass is 1270 g/mol. The standard InChI is InChI=1S/C70H123NO18/c1-3-5-7-9-11-13-15-17-19-20-21-22-23-24-25-26-27-28-29-30-31-32-34-35-37-39-41-43-45-47-54(75)53(71-58(76)48-46-44-42-40-38-36-33-18-16-14-12-10-8-6-4-2)52-84-68-64(82)61(79)66(56(50-73)86-68)89-70-65(83)62(80)67(57(51-74)87-70)88-69-63(81)60(78)59(77)55(49-72)85-69/h6,8,12,14,18,33,37-40,45,47,53-57,59-70,72-75,77-83H,3-5,7,9-11,13,15-17,19-32,34-36,41-44,46,48-52H2,1-2H3,(H,71,76)/b8-6-,14-12-,33-18-,39-37+,40-38-,47-45+. The maximum Gasteiger partial charge on any atom is 0.220 e. The van der Waals surface area contributed by atoms with Gasteiger partial charge in [0, 0.05) is 6.42 Å². The van der Waals surface area contributed by atoms with Crippen molar-refractivity contribution in [2.24, 2.45) is 0 Å². The molecule has 0 spiro atoms. The van der Waals surface area contributed by atoms with E-state index in [0.29, 0.717) is 12.8 Å². The molecular formula is C70H123NO18. The van der Waals surface area contributed by atoms with E-state index in [2.05, 4.69) is 79.9 Å². The minimum absolute atomic E-state index is 0.180. The average molecular weight is 1270 g/mol. The van der Waals surface area contributed by atoms with E-state index >= 15 is 0 Å². The van der Waals surface area contributed by atoms with Gasteiger partial charge in [-0.15, -0.1) is 0 Å². The molecule has 3 heterocycles. The largest absolute Gasteiger partial charge is 0.394 e. The molecule has 0 radical (unpaired) electrons. The highest BCUT2D eigenvalue weighted by molar-refractivity contribution is 5.76. The Kier molecular flexibility index (Phi) is 46.7. The summed E-state index contributed by atoms with van der Waals surface area (Å²) >= 11 is 0. The van der Waals surface area contributed by atoms with Crippen molar-refractivity contribution >= 4 is 5.91 Å². The minimum atomic E-state index is -1.99. The molecule has 1 amide bonds. The molecule has 19 heteroatoms. The van der Waals surface area contributed by atoms with Gasteiger partial charge in [-0.1, -0.05) is 228 Å². The number of nitrogens with one attached hydrogen (secondary N) is 1. The zero-order valence-electron chi connectivity index (χ0n) is 54.4. The lowest BCUT2D eigenvalue weighted by molar-refractivity contribution is -0.379. The lowest BCUT2D eigenvalue weighted by Gasteiger charge is -2.48. The molecule has 19 nitrogen and oxygen atoms in total. The first-order valence-electron chi connectivity index (χ1n) is 34.7. The van der Waals surface area contributed by atoms with Crippen LogP contribution in [0.15, 0.2) is 72.9 Å². The molecule has 0 aromatic rings. The molecule has 12 N–H and O–H groups in total. The highest BCUT2D eigenvalue weighted by Crippen LogP contribution is 2.33. The Bertz CT molecular complexity index is 1900. The highest BCUT2D eigenvalue weighted by atomic mass is 16.8. The van der Waals surface area contributed by atoms with Gasteiger partial charge in [-0.3, -0.25) is 4.79 Å². The Morgan fingerprint density at radius 3 is 1.26 bits per heavy atom. The molecule has 17 unspecified atom stereocenters. The van der Waals surface area contributed by atoms with Crippen molar-refractivity contribution in [2.75, 3.05) is 26.4 Å². The van der Waals surface area contributed by atoms with Crippen molar-refractivity contribution in [1.82, 2.24) is 5.32 Å². The maximum atomic E-state index is 13.3. The summed E-state index contributed by atoms with van der Waals surface area (Å²) in [7, 11) is 0. The van der Waals surface area contributed by atoms with Gasteiger partial charge in [0.15, 0.2) is 18.9 Å². The van der Waals surface area contributed by atoms with Crippen LogP contribution < -0.4 is 5.32 Å². The fourth-order valence-corrected chi connectivity index (χ4v) is 11.4. The summed E-state index contributed by atoms with van der Waals surface area (Å²) in [4.78, 5) is 13.3. The molecule has 89 heavy (non-hydrogen) atoms. The molecular weight excluding hydrogens is 1140 g/mol. The third-order valence-corrected chi connectivity index (χ3v) is 17.0. The van der Waals surface area contributed by atoms with Crippen LogP contribution in [0.1, 0.15) is 232 Å². The van der Waals surface area contributed by atoms with Crippen LogP contribution in [0.25, 0.3) is 0 Å². The molecule has 0 saturated carbocycles. The third kappa shape index (κ3) is 33.8. The van der Waals surface area contributed by atoms with Crippen LogP contribution in [-0.4, -0.2) is 193 Å². The molecule has 0 bridgehead atoms. The number of carbonyl (C=O) groups excluding carboxylic acids is 1. The summed E-state index contributed by atoms with van der Waals surface area (Å²) in [6.07, 6.45) is 37.7. The van der Waals surface area contributed by atoms with Gasteiger partial charge >= 0.3 is 0 Å². The quantitative estimate of drug-likeness (QED) is 0.0200. The molecule has 3 aliphatic heterocycles. The molecule has 0 aromatic carbocycles. The third-order valence-electron chi connectivity index (χ3n) is 17.0. The number of hydrogen-bond donors (Lipinski definition) is 12. The molecule has 0 aromatic heterocycles. The van der Waals surface area contributed by atoms with Gasteiger partial charge in [0.05, 0.1) is 38.6 Å². The Balaban J connectivity index is 1.43. The number of rotatable bonds is 52. The lowest BCUT2D eigenvalue weighted by atomic mass is 9.96. The number of allylic oxidation sites excluding steroid dienone is 11. The fraction of sp³-hybridized carbons (Fsp3) is 0.814. The summed E-state index contributed by atoms with van der Waals surface area (Å²) in [5.41, 5.74) is 0. The smallest absolute Gasteiger partial charge is 0.220 e. The van der Waals surface area contributed by atoms with Crippen LogP contribution in [0, 0.1) is 0 Å². The highest BCUT2D eigenvalue weighted by Gasteiger charge is 2.53. The number of amides is 1. The maximum absolute atomic E-state index is 13.3.